The minimum Gasteiger partial charge on any atom is -0.359 e. The standard InChI is InChI=1S/C21H25N3O2/c25-21(24-13-16-7-14-6-15(8-16)10-18(24)9-14)22-12-19-11-20(23-26-19)17-4-2-1-3-5-17/h1-5,11,14-16,18H,6-10,12-13H2,(H,22,25)/t14-,15+,16?,18?. The number of aromatic nitrogens is 1. The van der Waals surface area contributed by atoms with Crippen LogP contribution in [-0.4, -0.2) is 28.7 Å². The molecule has 5 heteroatoms. The van der Waals surface area contributed by atoms with Gasteiger partial charge in [-0.05, 0) is 49.9 Å². The average molecular weight is 351 g/mol. The van der Waals surface area contributed by atoms with Gasteiger partial charge in [0, 0.05) is 24.2 Å². The molecule has 136 valence electrons. The van der Waals surface area contributed by atoms with Crippen LogP contribution in [0.5, 0.6) is 0 Å². The number of carbonyl (C=O) groups is 1. The SMILES string of the molecule is O=C(NCc1cc(-c2ccccc2)no1)N1CC2C[C@@H]3CC1C[C@H](C2)C3. The second kappa shape index (κ2) is 6.45. The molecular formula is C21H25N3O2. The van der Waals surface area contributed by atoms with Crippen molar-refractivity contribution in [3.05, 3.63) is 42.2 Å². The second-order valence-electron chi connectivity index (χ2n) is 8.29. The lowest BCUT2D eigenvalue weighted by molar-refractivity contribution is 0.131. The molecule has 6 rings (SSSR count). The van der Waals surface area contributed by atoms with Crippen LogP contribution < -0.4 is 5.32 Å². The maximum absolute atomic E-state index is 12.8. The number of amides is 2. The molecule has 1 aromatic carbocycles. The smallest absolute Gasteiger partial charge is 0.318 e. The predicted octanol–water partition coefficient (Wildman–Crippen LogP) is 4.06. The lowest BCUT2D eigenvalue weighted by Crippen LogP contribution is -2.47. The summed E-state index contributed by atoms with van der Waals surface area (Å²) in [5, 5.41) is 7.18. The minimum absolute atomic E-state index is 0.0564. The van der Waals surface area contributed by atoms with Gasteiger partial charge in [0.2, 0.25) is 0 Å². The van der Waals surface area contributed by atoms with Gasteiger partial charge in [-0.1, -0.05) is 35.5 Å². The van der Waals surface area contributed by atoms with Crippen LogP contribution in [0.4, 0.5) is 4.79 Å². The van der Waals surface area contributed by atoms with Crippen LogP contribution in [-0.2, 0) is 6.54 Å². The number of fused-ring (bicyclic) bond motifs is 1. The van der Waals surface area contributed by atoms with Gasteiger partial charge < -0.3 is 14.7 Å². The normalized spacial score (nSPS) is 29.6. The molecular weight excluding hydrogens is 326 g/mol. The van der Waals surface area contributed by atoms with E-state index in [4.69, 9.17) is 4.52 Å². The van der Waals surface area contributed by atoms with Crippen molar-refractivity contribution < 1.29 is 9.32 Å². The summed E-state index contributed by atoms with van der Waals surface area (Å²) < 4.78 is 5.41. The molecule has 2 aliphatic carbocycles. The van der Waals surface area contributed by atoms with Crippen molar-refractivity contribution in [2.75, 3.05) is 6.54 Å². The fourth-order valence-electron chi connectivity index (χ4n) is 5.44. The van der Waals surface area contributed by atoms with Crippen LogP contribution in [0.3, 0.4) is 0 Å². The molecule has 4 atom stereocenters. The van der Waals surface area contributed by atoms with Crippen molar-refractivity contribution in [3.63, 3.8) is 0 Å². The molecule has 0 radical (unpaired) electrons. The van der Waals surface area contributed by atoms with E-state index in [1.807, 2.05) is 36.4 Å². The Morgan fingerprint density at radius 1 is 1.08 bits per heavy atom. The molecule has 4 aliphatic rings. The molecule has 26 heavy (non-hydrogen) atoms. The molecule has 4 bridgehead atoms. The quantitative estimate of drug-likeness (QED) is 0.907. The Labute approximate surface area is 153 Å². The summed E-state index contributed by atoms with van der Waals surface area (Å²) in [7, 11) is 0. The highest BCUT2D eigenvalue weighted by atomic mass is 16.5. The zero-order valence-electron chi connectivity index (χ0n) is 14.9. The summed E-state index contributed by atoms with van der Waals surface area (Å²) >= 11 is 0. The first-order valence-corrected chi connectivity index (χ1v) is 9.80. The highest BCUT2D eigenvalue weighted by Crippen LogP contribution is 2.47. The summed E-state index contributed by atoms with van der Waals surface area (Å²) in [6.45, 7) is 1.31. The Kier molecular flexibility index (Phi) is 3.95. The number of hydrogen-bond donors (Lipinski definition) is 1. The molecule has 2 aromatic rings. The molecule has 3 heterocycles. The third-order valence-corrected chi connectivity index (χ3v) is 6.41. The summed E-state index contributed by atoms with van der Waals surface area (Å²) in [5.74, 6) is 3.08. The van der Waals surface area contributed by atoms with E-state index in [0.717, 1.165) is 29.6 Å². The van der Waals surface area contributed by atoms with E-state index in [0.29, 0.717) is 24.3 Å². The van der Waals surface area contributed by atoms with Gasteiger partial charge in [0.15, 0.2) is 5.76 Å². The van der Waals surface area contributed by atoms with Crippen molar-refractivity contribution in [1.29, 1.82) is 0 Å². The van der Waals surface area contributed by atoms with Crippen LogP contribution in [0.15, 0.2) is 40.9 Å². The van der Waals surface area contributed by atoms with Gasteiger partial charge in [0.1, 0.15) is 5.69 Å². The lowest BCUT2D eigenvalue weighted by Gasteiger charge is -2.38. The zero-order chi connectivity index (χ0) is 17.5. The fraction of sp³-hybridized carbons (Fsp3) is 0.524. The van der Waals surface area contributed by atoms with Crippen molar-refractivity contribution >= 4 is 6.03 Å². The Bertz CT molecular complexity index is 774. The Hall–Kier alpha value is -2.30. The first kappa shape index (κ1) is 15.9. The largest absolute Gasteiger partial charge is 0.359 e. The van der Waals surface area contributed by atoms with Gasteiger partial charge in [-0.3, -0.25) is 0 Å². The Morgan fingerprint density at radius 3 is 2.58 bits per heavy atom. The number of urea groups is 1. The zero-order valence-corrected chi connectivity index (χ0v) is 14.9. The number of benzene rings is 1. The van der Waals surface area contributed by atoms with Gasteiger partial charge in [-0.15, -0.1) is 0 Å². The molecule has 0 spiro atoms. The molecule has 2 saturated carbocycles. The highest BCUT2D eigenvalue weighted by molar-refractivity contribution is 5.74. The number of hydrogen-bond acceptors (Lipinski definition) is 3. The summed E-state index contributed by atoms with van der Waals surface area (Å²) in [6.07, 6.45) is 6.42. The molecule has 2 unspecified atom stereocenters. The number of nitrogens with one attached hydrogen (secondary N) is 1. The van der Waals surface area contributed by atoms with Crippen molar-refractivity contribution in [3.8, 4) is 11.3 Å². The van der Waals surface area contributed by atoms with E-state index in [9.17, 15) is 4.79 Å². The number of nitrogens with zero attached hydrogens (tertiary/aromatic N) is 2. The molecule has 1 aromatic heterocycles. The monoisotopic (exact) mass is 351 g/mol. The van der Waals surface area contributed by atoms with Crippen molar-refractivity contribution in [1.82, 2.24) is 15.4 Å². The van der Waals surface area contributed by atoms with E-state index in [-0.39, 0.29) is 6.03 Å². The van der Waals surface area contributed by atoms with Gasteiger partial charge in [0.05, 0.1) is 6.54 Å². The molecule has 2 saturated heterocycles. The third-order valence-electron chi connectivity index (χ3n) is 6.41. The summed E-state index contributed by atoms with van der Waals surface area (Å²) in [6, 6.07) is 12.3. The molecule has 2 amide bonds. The van der Waals surface area contributed by atoms with Gasteiger partial charge >= 0.3 is 6.03 Å². The fourth-order valence-corrected chi connectivity index (χ4v) is 5.44. The maximum atomic E-state index is 12.8. The second-order valence-corrected chi connectivity index (χ2v) is 8.29. The number of carbonyl (C=O) groups excluding carboxylic acids is 1. The van der Waals surface area contributed by atoms with Crippen LogP contribution in [0.2, 0.25) is 0 Å². The van der Waals surface area contributed by atoms with Gasteiger partial charge in [-0.25, -0.2) is 4.79 Å². The maximum Gasteiger partial charge on any atom is 0.318 e. The van der Waals surface area contributed by atoms with Crippen molar-refractivity contribution in [2.45, 2.75) is 44.7 Å². The molecule has 2 aliphatic heterocycles. The molecule has 1 N–H and O–H groups in total. The third kappa shape index (κ3) is 3.00. The van der Waals surface area contributed by atoms with Crippen LogP contribution in [0.1, 0.15) is 37.9 Å². The van der Waals surface area contributed by atoms with Gasteiger partial charge in [0.25, 0.3) is 0 Å². The minimum atomic E-state index is 0.0564. The Morgan fingerprint density at radius 2 is 1.81 bits per heavy atom. The van der Waals surface area contributed by atoms with Gasteiger partial charge in [-0.2, -0.15) is 0 Å². The van der Waals surface area contributed by atoms with Crippen molar-refractivity contribution in [2.24, 2.45) is 17.8 Å². The van der Waals surface area contributed by atoms with E-state index in [2.05, 4.69) is 15.4 Å². The first-order valence-electron chi connectivity index (χ1n) is 9.80. The lowest BCUT2D eigenvalue weighted by atomic mass is 9.68. The molecule has 5 nitrogen and oxygen atoms in total. The van der Waals surface area contributed by atoms with E-state index < -0.39 is 0 Å². The first-order chi connectivity index (χ1) is 12.7. The van der Waals surface area contributed by atoms with E-state index >= 15 is 0 Å². The van der Waals surface area contributed by atoms with Crippen LogP contribution >= 0.6 is 0 Å². The topological polar surface area (TPSA) is 58.4 Å². The van der Waals surface area contributed by atoms with Crippen LogP contribution in [0, 0.1) is 17.8 Å². The van der Waals surface area contributed by atoms with Crippen LogP contribution in [0.25, 0.3) is 11.3 Å². The van der Waals surface area contributed by atoms with E-state index in [1.165, 1.54) is 32.1 Å². The van der Waals surface area contributed by atoms with E-state index in [1.54, 1.807) is 0 Å². The Balaban J connectivity index is 1.23. The summed E-state index contributed by atoms with van der Waals surface area (Å²) in [4.78, 5) is 14.9. The average Bonchev–Trinajstić information content (AvgIpc) is 3.04. The predicted molar refractivity (Wildman–Crippen MR) is 98.2 cm³/mol. The molecule has 4 fully saturated rings. The number of rotatable bonds is 3. The highest BCUT2D eigenvalue weighted by Gasteiger charge is 2.44. The summed E-state index contributed by atoms with van der Waals surface area (Å²) in [5.41, 5.74) is 1.83.